The molecule has 130 valence electrons. The molecule has 0 heterocycles. The minimum atomic E-state index is -3.11. The number of nitrogens with one attached hydrogen (secondary N) is 3. The minimum Gasteiger partial charge on any atom is -0.356 e. The first kappa shape index (κ1) is 19.7. The van der Waals surface area contributed by atoms with E-state index in [2.05, 4.69) is 20.3 Å². The van der Waals surface area contributed by atoms with Crippen molar-refractivity contribution < 1.29 is 8.42 Å². The summed E-state index contributed by atoms with van der Waals surface area (Å²) in [5, 5.41) is 7.11. The van der Waals surface area contributed by atoms with E-state index in [0.29, 0.717) is 32.0 Å². The van der Waals surface area contributed by atoms with Gasteiger partial charge in [-0.25, -0.2) is 13.1 Å². The van der Waals surface area contributed by atoms with E-state index in [1.807, 2.05) is 24.3 Å². The van der Waals surface area contributed by atoms with E-state index in [1.54, 1.807) is 14.0 Å². The number of sulfonamides is 1. The van der Waals surface area contributed by atoms with Gasteiger partial charge in [-0.15, -0.1) is 0 Å². The Bertz CT molecular complexity index is 605. The maximum atomic E-state index is 11.3. The van der Waals surface area contributed by atoms with Gasteiger partial charge in [0.2, 0.25) is 10.0 Å². The fourth-order valence-electron chi connectivity index (χ4n) is 1.86. The van der Waals surface area contributed by atoms with Crippen LogP contribution in [-0.4, -0.2) is 46.8 Å². The van der Waals surface area contributed by atoms with Gasteiger partial charge in [0.05, 0.1) is 5.75 Å². The number of guanidine groups is 1. The molecule has 3 N–H and O–H groups in total. The Morgan fingerprint density at radius 3 is 2.52 bits per heavy atom. The van der Waals surface area contributed by atoms with Gasteiger partial charge in [-0.05, 0) is 31.4 Å². The smallest absolute Gasteiger partial charge is 0.211 e. The number of hydrogen-bond donors (Lipinski definition) is 3. The fourth-order valence-corrected chi connectivity index (χ4v) is 2.75. The summed E-state index contributed by atoms with van der Waals surface area (Å²) in [4.78, 5) is 4.13. The van der Waals surface area contributed by atoms with Gasteiger partial charge in [0.25, 0.3) is 0 Å². The molecule has 0 fully saturated rings. The predicted molar refractivity (Wildman–Crippen MR) is 96.6 cm³/mol. The van der Waals surface area contributed by atoms with Crippen molar-refractivity contribution in [3.63, 3.8) is 0 Å². The third-order valence-electron chi connectivity index (χ3n) is 3.22. The number of benzene rings is 1. The van der Waals surface area contributed by atoms with Gasteiger partial charge in [0.1, 0.15) is 0 Å². The molecule has 0 saturated carbocycles. The second-order valence-corrected chi connectivity index (χ2v) is 7.42. The van der Waals surface area contributed by atoms with Crippen molar-refractivity contribution in [3.05, 3.63) is 34.9 Å². The number of aliphatic imine (C=N–C) groups is 1. The number of nitrogens with zero attached hydrogens (tertiary/aromatic N) is 1. The van der Waals surface area contributed by atoms with Crippen molar-refractivity contribution in [2.45, 2.75) is 19.8 Å². The molecule has 8 heteroatoms. The first-order chi connectivity index (χ1) is 11.0. The van der Waals surface area contributed by atoms with Crippen LogP contribution in [0.2, 0.25) is 5.02 Å². The number of halogens is 1. The highest BCUT2D eigenvalue weighted by Gasteiger charge is 2.04. The van der Waals surface area contributed by atoms with Crippen LogP contribution in [0.5, 0.6) is 0 Å². The molecule has 1 aromatic rings. The lowest BCUT2D eigenvalue weighted by Gasteiger charge is -2.12. The molecule has 0 aliphatic heterocycles. The van der Waals surface area contributed by atoms with Gasteiger partial charge < -0.3 is 10.6 Å². The van der Waals surface area contributed by atoms with Gasteiger partial charge in [-0.3, -0.25) is 4.99 Å². The second-order valence-electron chi connectivity index (χ2n) is 4.92. The average molecular weight is 361 g/mol. The van der Waals surface area contributed by atoms with Crippen LogP contribution >= 0.6 is 11.6 Å². The molecule has 1 aromatic carbocycles. The molecule has 1 rings (SSSR count). The highest BCUT2D eigenvalue weighted by molar-refractivity contribution is 7.89. The molecular weight excluding hydrogens is 336 g/mol. The topological polar surface area (TPSA) is 82.6 Å². The molecule has 0 atom stereocenters. The summed E-state index contributed by atoms with van der Waals surface area (Å²) in [6.45, 7) is 3.38. The summed E-state index contributed by atoms with van der Waals surface area (Å²) in [5.41, 5.74) is 1.09. The molecule has 0 saturated heterocycles. The summed E-state index contributed by atoms with van der Waals surface area (Å²) in [7, 11) is -1.41. The quantitative estimate of drug-likeness (QED) is 0.353. The standard InChI is InChI=1S/C15H25ClN4O2S/c1-3-23(21,22)20-11-6-10-18-15(17-2)19-12-9-13-7-4-5-8-14(13)16/h4-5,7-8,20H,3,6,9-12H2,1-2H3,(H2,17,18,19). The van der Waals surface area contributed by atoms with Crippen LogP contribution in [0.25, 0.3) is 0 Å². The first-order valence-electron chi connectivity index (χ1n) is 7.63. The van der Waals surface area contributed by atoms with Crippen LogP contribution in [0.15, 0.2) is 29.3 Å². The summed E-state index contributed by atoms with van der Waals surface area (Å²) >= 11 is 6.11. The second kappa shape index (κ2) is 10.5. The van der Waals surface area contributed by atoms with E-state index in [-0.39, 0.29) is 5.75 Å². The van der Waals surface area contributed by atoms with E-state index < -0.39 is 10.0 Å². The molecule has 23 heavy (non-hydrogen) atoms. The molecule has 0 aliphatic carbocycles. The summed E-state index contributed by atoms with van der Waals surface area (Å²) in [6, 6.07) is 7.75. The SMILES string of the molecule is CCS(=O)(=O)NCCCNC(=NC)NCCc1ccccc1Cl. The molecule has 0 amide bonds. The van der Waals surface area contributed by atoms with Gasteiger partial charge in [-0.1, -0.05) is 29.8 Å². The minimum absolute atomic E-state index is 0.103. The van der Waals surface area contributed by atoms with Crippen molar-refractivity contribution in [2.75, 3.05) is 32.4 Å². The van der Waals surface area contributed by atoms with E-state index in [4.69, 9.17) is 11.6 Å². The zero-order chi connectivity index (χ0) is 17.1. The number of hydrogen-bond acceptors (Lipinski definition) is 3. The molecule has 0 aliphatic rings. The molecule has 0 bridgehead atoms. The highest BCUT2D eigenvalue weighted by Crippen LogP contribution is 2.14. The lowest BCUT2D eigenvalue weighted by Crippen LogP contribution is -2.39. The Kier molecular flexibility index (Phi) is 8.98. The van der Waals surface area contributed by atoms with Crippen molar-refractivity contribution in [2.24, 2.45) is 4.99 Å². The normalized spacial score (nSPS) is 12.2. The molecule has 0 spiro atoms. The Morgan fingerprint density at radius 2 is 1.87 bits per heavy atom. The van der Waals surface area contributed by atoms with Crippen LogP contribution < -0.4 is 15.4 Å². The lowest BCUT2D eigenvalue weighted by atomic mass is 10.1. The Labute approximate surface area is 143 Å². The predicted octanol–water partition coefficient (Wildman–Crippen LogP) is 1.38. The molecule has 6 nitrogen and oxygen atoms in total. The molecular formula is C15H25ClN4O2S. The van der Waals surface area contributed by atoms with Gasteiger partial charge >= 0.3 is 0 Å². The van der Waals surface area contributed by atoms with Crippen LogP contribution in [0.3, 0.4) is 0 Å². The zero-order valence-corrected chi connectivity index (χ0v) is 15.2. The maximum Gasteiger partial charge on any atom is 0.211 e. The van der Waals surface area contributed by atoms with E-state index >= 15 is 0 Å². The van der Waals surface area contributed by atoms with E-state index in [1.165, 1.54) is 0 Å². The molecule has 0 radical (unpaired) electrons. The maximum absolute atomic E-state index is 11.3. The van der Waals surface area contributed by atoms with Crippen molar-refractivity contribution in [1.29, 1.82) is 0 Å². The third kappa shape index (κ3) is 8.20. The van der Waals surface area contributed by atoms with Gasteiger partial charge in [0, 0.05) is 31.7 Å². The summed E-state index contributed by atoms with van der Waals surface area (Å²) in [6.07, 6.45) is 1.49. The average Bonchev–Trinajstić information content (AvgIpc) is 2.54. The zero-order valence-electron chi connectivity index (χ0n) is 13.6. The Hall–Kier alpha value is -1.31. The van der Waals surface area contributed by atoms with E-state index in [0.717, 1.165) is 17.0 Å². The third-order valence-corrected chi connectivity index (χ3v) is 4.99. The van der Waals surface area contributed by atoms with Gasteiger partial charge in [-0.2, -0.15) is 0 Å². The summed E-state index contributed by atoms with van der Waals surface area (Å²) < 4.78 is 25.1. The van der Waals surface area contributed by atoms with Crippen molar-refractivity contribution in [3.8, 4) is 0 Å². The number of rotatable bonds is 9. The lowest BCUT2D eigenvalue weighted by molar-refractivity contribution is 0.579. The van der Waals surface area contributed by atoms with Crippen molar-refractivity contribution in [1.82, 2.24) is 15.4 Å². The Balaban J connectivity index is 2.21. The first-order valence-corrected chi connectivity index (χ1v) is 9.66. The highest BCUT2D eigenvalue weighted by atomic mass is 35.5. The Morgan fingerprint density at radius 1 is 1.17 bits per heavy atom. The van der Waals surface area contributed by atoms with Crippen LogP contribution in [0.4, 0.5) is 0 Å². The van der Waals surface area contributed by atoms with Crippen molar-refractivity contribution >= 4 is 27.6 Å². The largest absolute Gasteiger partial charge is 0.356 e. The summed E-state index contributed by atoms with van der Waals surface area (Å²) in [5.74, 6) is 0.793. The fraction of sp³-hybridized carbons (Fsp3) is 0.533. The molecule has 0 unspecified atom stereocenters. The van der Waals surface area contributed by atoms with Crippen LogP contribution in [0.1, 0.15) is 18.9 Å². The van der Waals surface area contributed by atoms with Crippen LogP contribution in [-0.2, 0) is 16.4 Å². The monoisotopic (exact) mass is 360 g/mol. The van der Waals surface area contributed by atoms with Gasteiger partial charge in [0.15, 0.2) is 5.96 Å². The van der Waals surface area contributed by atoms with E-state index in [9.17, 15) is 8.42 Å². The van der Waals surface area contributed by atoms with Crippen LogP contribution in [0, 0.1) is 0 Å². The molecule has 0 aromatic heterocycles.